The van der Waals surface area contributed by atoms with E-state index in [9.17, 15) is 0 Å². The highest BCUT2D eigenvalue weighted by molar-refractivity contribution is 5.27. The average molecular weight is 262 g/mol. The molecule has 2 rings (SSSR count). The Balaban J connectivity index is 1.96. The van der Waals surface area contributed by atoms with Crippen molar-refractivity contribution >= 4 is 0 Å². The second kappa shape index (κ2) is 6.92. The molecule has 0 bridgehead atoms. The maximum Gasteiger partial charge on any atom is 0.118 e. The summed E-state index contributed by atoms with van der Waals surface area (Å²) in [5.41, 5.74) is 7.29. The van der Waals surface area contributed by atoms with E-state index in [1.165, 1.54) is 31.4 Å². The van der Waals surface area contributed by atoms with E-state index in [1.54, 1.807) is 7.11 Å². The second-order valence-electron chi connectivity index (χ2n) is 5.51. The van der Waals surface area contributed by atoms with Crippen molar-refractivity contribution in [1.82, 2.24) is 4.90 Å². The molecular formula is C16H26N2O. The lowest BCUT2D eigenvalue weighted by atomic mass is 9.88. The van der Waals surface area contributed by atoms with Crippen molar-refractivity contribution in [3.63, 3.8) is 0 Å². The Hall–Kier alpha value is -1.06. The van der Waals surface area contributed by atoms with Crippen molar-refractivity contribution in [3.8, 4) is 5.75 Å². The van der Waals surface area contributed by atoms with E-state index >= 15 is 0 Å². The third kappa shape index (κ3) is 3.71. The van der Waals surface area contributed by atoms with E-state index < -0.39 is 0 Å². The Kier molecular flexibility index (Phi) is 5.23. The average Bonchev–Trinajstić information content (AvgIpc) is 2.48. The van der Waals surface area contributed by atoms with Crippen molar-refractivity contribution in [1.29, 1.82) is 0 Å². The van der Waals surface area contributed by atoms with Crippen LogP contribution in [0.25, 0.3) is 0 Å². The fourth-order valence-corrected chi connectivity index (χ4v) is 2.97. The molecule has 19 heavy (non-hydrogen) atoms. The molecule has 2 unspecified atom stereocenters. The van der Waals surface area contributed by atoms with Gasteiger partial charge in [0.25, 0.3) is 0 Å². The summed E-state index contributed by atoms with van der Waals surface area (Å²) >= 11 is 0. The van der Waals surface area contributed by atoms with Gasteiger partial charge in [-0.3, -0.25) is 4.90 Å². The van der Waals surface area contributed by atoms with E-state index in [-0.39, 0.29) is 0 Å². The molecule has 1 saturated heterocycles. The molecule has 0 radical (unpaired) electrons. The van der Waals surface area contributed by atoms with E-state index in [1.807, 2.05) is 12.1 Å². The predicted octanol–water partition coefficient (Wildman–Crippen LogP) is 2.64. The molecule has 1 fully saturated rings. The molecule has 0 aromatic heterocycles. The number of ether oxygens (including phenoxy) is 1. The summed E-state index contributed by atoms with van der Waals surface area (Å²) in [5, 5.41) is 0. The Bertz CT molecular complexity index is 377. The number of nitrogens with two attached hydrogens (primary N) is 1. The highest BCUT2D eigenvalue weighted by atomic mass is 16.5. The van der Waals surface area contributed by atoms with Crippen LogP contribution >= 0.6 is 0 Å². The lowest BCUT2D eigenvalue weighted by Gasteiger charge is -2.38. The van der Waals surface area contributed by atoms with Crippen molar-refractivity contribution in [2.24, 2.45) is 11.7 Å². The minimum Gasteiger partial charge on any atom is -0.497 e. The van der Waals surface area contributed by atoms with Gasteiger partial charge in [0.1, 0.15) is 5.75 Å². The summed E-state index contributed by atoms with van der Waals surface area (Å²) in [6.07, 6.45) is 3.85. The van der Waals surface area contributed by atoms with Crippen molar-refractivity contribution in [2.45, 2.75) is 38.8 Å². The predicted molar refractivity (Wildman–Crippen MR) is 79.3 cm³/mol. The van der Waals surface area contributed by atoms with Crippen molar-refractivity contribution < 1.29 is 4.74 Å². The van der Waals surface area contributed by atoms with Crippen LogP contribution in [0.4, 0.5) is 0 Å². The maximum atomic E-state index is 5.95. The zero-order valence-corrected chi connectivity index (χ0v) is 12.1. The molecule has 2 N–H and O–H groups in total. The van der Waals surface area contributed by atoms with Gasteiger partial charge in [-0.15, -0.1) is 0 Å². The molecule has 0 amide bonds. The summed E-state index contributed by atoms with van der Waals surface area (Å²) in [4.78, 5) is 2.54. The molecule has 106 valence electrons. The van der Waals surface area contributed by atoms with Crippen molar-refractivity contribution in [3.05, 3.63) is 29.8 Å². The summed E-state index contributed by atoms with van der Waals surface area (Å²) in [6, 6.07) is 8.91. The molecule has 0 aliphatic carbocycles. The number of hydrogen-bond donors (Lipinski definition) is 1. The highest BCUT2D eigenvalue weighted by Gasteiger charge is 2.26. The summed E-state index contributed by atoms with van der Waals surface area (Å²) < 4.78 is 5.20. The number of rotatable bonds is 5. The molecule has 0 spiro atoms. The number of likely N-dealkylation sites (tertiary alicyclic amines) is 1. The van der Waals surface area contributed by atoms with Gasteiger partial charge in [-0.25, -0.2) is 0 Å². The summed E-state index contributed by atoms with van der Waals surface area (Å²) in [6.45, 7) is 5.23. The number of methoxy groups -OCH3 is 1. The first-order valence-corrected chi connectivity index (χ1v) is 7.33. The van der Waals surface area contributed by atoms with Gasteiger partial charge in [0.05, 0.1) is 7.11 Å². The van der Waals surface area contributed by atoms with Crippen LogP contribution in [0.15, 0.2) is 24.3 Å². The topological polar surface area (TPSA) is 38.5 Å². The van der Waals surface area contributed by atoms with Crippen LogP contribution in [-0.2, 0) is 6.54 Å². The molecule has 3 nitrogen and oxygen atoms in total. The normalized spacial score (nSPS) is 24.4. The van der Waals surface area contributed by atoms with E-state index in [4.69, 9.17) is 10.5 Å². The summed E-state index contributed by atoms with van der Waals surface area (Å²) in [5.74, 6) is 1.78. The second-order valence-corrected chi connectivity index (χ2v) is 5.51. The number of hydrogen-bond acceptors (Lipinski definition) is 3. The first kappa shape index (κ1) is 14.4. The van der Waals surface area contributed by atoms with Gasteiger partial charge in [-0.1, -0.05) is 25.5 Å². The van der Waals surface area contributed by atoms with Gasteiger partial charge < -0.3 is 10.5 Å². The van der Waals surface area contributed by atoms with Gasteiger partial charge in [0, 0.05) is 19.1 Å². The van der Waals surface area contributed by atoms with Gasteiger partial charge in [-0.2, -0.15) is 0 Å². The van der Waals surface area contributed by atoms with Gasteiger partial charge in [-0.05, 0) is 43.0 Å². The van der Waals surface area contributed by atoms with E-state index in [0.29, 0.717) is 6.04 Å². The quantitative estimate of drug-likeness (QED) is 0.886. The van der Waals surface area contributed by atoms with Gasteiger partial charge >= 0.3 is 0 Å². The van der Waals surface area contributed by atoms with Crippen LogP contribution in [0.5, 0.6) is 5.75 Å². The van der Waals surface area contributed by atoms with Gasteiger partial charge in [0.15, 0.2) is 0 Å². The Morgan fingerprint density at radius 2 is 2.05 bits per heavy atom. The smallest absolute Gasteiger partial charge is 0.118 e. The zero-order valence-electron chi connectivity index (χ0n) is 12.1. The maximum absolute atomic E-state index is 5.95. The first-order chi connectivity index (χ1) is 9.26. The van der Waals surface area contributed by atoms with Crippen LogP contribution in [0.3, 0.4) is 0 Å². The molecule has 1 aromatic carbocycles. The fraction of sp³-hybridized carbons (Fsp3) is 0.625. The molecular weight excluding hydrogens is 236 g/mol. The standard InChI is InChI=1S/C16H26N2O/c1-3-13-8-9-18(15(10-13)11-17)12-14-4-6-16(19-2)7-5-14/h4-7,13,15H,3,8-12,17H2,1-2H3. The third-order valence-corrected chi connectivity index (χ3v) is 4.34. The Morgan fingerprint density at radius 3 is 2.63 bits per heavy atom. The largest absolute Gasteiger partial charge is 0.497 e. The molecule has 3 heteroatoms. The lowest BCUT2D eigenvalue weighted by Crippen LogP contribution is -2.45. The van der Waals surface area contributed by atoms with Crippen molar-refractivity contribution in [2.75, 3.05) is 20.2 Å². The minimum atomic E-state index is 0.542. The number of nitrogens with zero attached hydrogens (tertiary/aromatic N) is 1. The van der Waals surface area contributed by atoms with Crippen LogP contribution in [-0.4, -0.2) is 31.1 Å². The molecule has 1 aliphatic rings. The van der Waals surface area contributed by atoms with Crippen LogP contribution < -0.4 is 10.5 Å². The first-order valence-electron chi connectivity index (χ1n) is 7.33. The number of benzene rings is 1. The summed E-state index contributed by atoms with van der Waals surface area (Å²) in [7, 11) is 1.70. The number of piperidine rings is 1. The third-order valence-electron chi connectivity index (χ3n) is 4.34. The lowest BCUT2D eigenvalue weighted by molar-refractivity contribution is 0.107. The van der Waals surface area contributed by atoms with Crippen LogP contribution in [0.1, 0.15) is 31.7 Å². The molecule has 1 aliphatic heterocycles. The minimum absolute atomic E-state index is 0.542. The van der Waals surface area contributed by atoms with Crippen LogP contribution in [0.2, 0.25) is 0 Å². The molecule has 0 saturated carbocycles. The highest BCUT2D eigenvalue weighted by Crippen LogP contribution is 2.26. The van der Waals surface area contributed by atoms with Crippen LogP contribution in [0, 0.1) is 5.92 Å². The molecule has 1 aromatic rings. The monoisotopic (exact) mass is 262 g/mol. The Labute approximate surface area is 116 Å². The molecule has 2 atom stereocenters. The zero-order chi connectivity index (χ0) is 13.7. The van der Waals surface area contributed by atoms with E-state index in [2.05, 4.69) is 24.0 Å². The van der Waals surface area contributed by atoms with Gasteiger partial charge in [0.2, 0.25) is 0 Å². The van der Waals surface area contributed by atoms with E-state index in [0.717, 1.165) is 24.8 Å². The SMILES string of the molecule is CCC1CCN(Cc2ccc(OC)cc2)C(CN)C1. The molecule has 1 heterocycles. The fourth-order valence-electron chi connectivity index (χ4n) is 2.97. The Morgan fingerprint density at radius 1 is 1.32 bits per heavy atom.